The second-order valence-corrected chi connectivity index (χ2v) is 12.1. The van der Waals surface area contributed by atoms with Crippen molar-refractivity contribution in [2.45, 2.75) is 45.8 Å². The van der Waals surface area contributed by atoms with Gasteiger partial charge in [0.15, 0.2) is 17.4 Å². The van der Waals surface area contributed by atoms with Gasteiger partial charge in [-0.05, 0) is 91.5 Å². The number of carbonyl (C=O) groups excluding carboxylic acids is 1. The minimum atomic E-state index is -0.700. The van der Waals surface area contributed by atoms with Gasteiger partial charge in [-0.25, -0.2) is 13.5 Å². The smallest absolute Gasteiger partial charge is 0.214 e. The molecule has 3 heterocycles. The summed E-state index contributed by atoms with van der Waals surface area (Å²) in [6, 6.07) is 14.6. The van der Waals surface area contributed by atoms with E-state index in [9.17, 15) is 9.18 Å². The van der Waals surface area contributed by atoms with Gasteiger partial charge in [0.2, 0.25) is 5.78 Å². The first-order valence-corrected chi connectivity index (χ1v) is 15.2. The van der Waals surface area contributed by atoms with E-state index >= 15 is 4.39 Å². The molecule has 11 heteroatoms. The van der Waals surface area contributed by atoms with E-state index in [0.717, 1.165) is 57.8 Å². The predicted molar refractivity (Wildman–Crippen MR) is 169 cm³/mol. The molecule has 1 aliphatic heterocycles. The van der Waals surface area contributed by atoms with Gasteiger partial charge in [0.05, 0.1) is 21.9 Å². The number of fused-ring (bicyclic) bond motifs is 1. The topological polar surface area (TPSA) is 98.4 Å². The molecule has 8 nitrogen and oxygen atoms in total. The van der Waals surface area contributed by atoms with E-state index in [1.54, 1.807) is 19.1 Å². The number of nitrogens with two attached hydrogens (primary N) is 1. The van der Waals surface area contributed by atoms with Gasteiger partial charge in [0.25, 0.3) is 0 Å². The zero-order chi connectivity index (χ0) is 31.1. The van der Waals surface area contributed by atoms with Gasteiger partial charge in [-0.3, -0.25) is 4.79 Å². The van der Waals surface area contributed by atoms with Crippen LogP contribution in [0.2, 0.25) is 0 Å². The first-order chi connectivity index (χ1) is 21.1. The largest absolute Gasteiger partial charge is 0.489 e. The summed E-state index contributed by atoms with van der Waals surface area (Å²) in [5, 5.41) is 5.02. The number of carbonyl (C=O) groups is 1. The predicted octanol–water partition coefficient (Wildman–Crippen LogP) is 7.56. The van der Waals surface area contributed by atoms with E-state index in [4.69, 9.17) is 15.2 Å². The molecular weight excluding hydrogens is 632 g/mol. The Hall–Kier alpha value is -4.22. The molecular formula is C33H32BrF2N5O3. The Bertz CT molecular complexity index is 1860. The van der Waals surface area contributed by atoms with Crippen LogP contribution in [0, 0.1) is 18.6 Å². The standard InChI is InChI=1S/C33H32BrF2N5O3/c1-18(2)40-10-8-21(9-11-40)43-31-14-20-13-27(39-26(20)15-23(31)34)32(42)22-17-38-41(33(22)37)28-12-19(3)30(16-25(28)36)44-29-7-5-4-6-24(29)35/h4-7,12-18,21,39H,8-11,37H2,1-3H3. The second-order valence-electron chi connectivity index (χ2n) is 11.3. The molecule has 0 unspecified atom stereocenters. The maximum absolute atomic E-state index is 15.3. The van der Waals surface area contributed by atoms with E-state index in [2.05, 4.69) is 44.8 Å². The fraction of sp³-hybridized carbons (Fsp3) is 0.273. The number of H-pyrrole nitrogens is 1. The van der Waals surface area contributed by atoms with Crippen molar-refractivity contribution in [3.8, 4) is 22.9 Å². The first kappa shape index (κ1) is 29.8. The summed E-state index contributed by atoms with van der Waals surface area (Å²) in [5.41, 5.74) is 8.07. The van der Waals surface area contributed by atoms with E-state index < -0.39 is 11.6 Å². The van der Waals surface area contributed by atoms with E-state index in [-0.39, 0.29) is 40.5 Å². The van der Waals surface area contributed by atoms with Crippen LogP contribution in [0.4, 0.5) is 14.6 Å². The van der Waals surface area contributed by atoms with Crippen LogP contribution in [0.5, 0.6) is 17.2 Å². The summed E-state index contributed by atoms with van der Waals surface area (Å²) >= 11 is 3.61. The number of likely N-dealkylation sites (tertiary alicyclic amines) is 1. The third kappa shape index (κ3) is 5.81. The lowest BCUT2D eigenvalue weighted by Gasteiger charge is -2.34. The Morgan fingerprint density at radius 1 is 1.05 bits per heavy atom. The highest BCUT2D eigenvalue weighted by Crippen LogP contribution is 2.35. The number of rotatable bonds is 8. The molecule has 0 bridgehead atoms. The van der Waals surface area contributed by atoms with Gasteiger partial charge in [-0.1, -0.05) is 12.1 Å². The Morgan fingerprint density at radius 3 is 2.52 bits per heavy atom. The van der Waals surface area contributed by atoms with Crippen LogP contribution in [-0.2, 0) is 0 Å². The molecule has 1 aliphatic rings. The lowest BCUT2D eigenvalue weighted by atomic mass is 10.1. The van der Waals surface area contributed by atoms with Crippen LogP contribution in [0.3, 0.4) is 0 Å². The van der Waals surface area contributed by atoms with E-state index in [1.165, 1.54) is 30.5 Å². The molecule has 0 spiro atoms. The monoisotopic (exact) mass is 663 g/mol. The number of halogens is 3. The summed E-state index contributed by atoms with van der Waals surface area (Å²) in [5.74, 6) is -0.829. The van der Waals surface area contributed by atoms with Gasteiger partial charge < -0.3 is 25.1 Å². The summed E-state index contributed by atoms with van der Waals surface area (Å²) in [4.78, 5) is 19.1. The number of hydrogen-bond acceptors (Lipinski definition) is 6. The fourth-order valence-electron chi connectivity index (χ4n) is 5.47. The van der Waals surface area contributed by atoms with E-state index in [1.807, 2.05) is 12.1 Å². The average molecular weight is 665 g/mol. The molecule has 2 aromatic heterocycles. The van der Waals surface area contributed by atoms with Gasteiger partial charge in [-0.15, -0.1) is 0 Å². The maximum atomic E-state index is 15.3. The number of aryl methyl sites for hydroxylation is 1. The highest BCUT2D eigenvalue weighted by molar-refractivity contribution is 9.10. The van der Waals surface area contributed by atoms with Crippen molar-refractivity contribution >= 4 is 38.4 Å². The van der Waals surface area contributed by atoms with Crippen molar-refractivity contribution in [3.05, 3.63) is 93.7 Å². The Labute approximate surface area is 261 Å². The number of piperidine rings is 1. The zero-order valence-electron chi connectivity index (χ0n) is 24.5. The zero-order valence-corrected chi connectivity index (χ0v) is 26.1. The van der Waals surface area contributed by atoms with Crippen molar-refractivity contribution in [2.75, 3.05) is 18.8 Å². The lowest BCUT2D eigenvalue weighted by molar-refractivity contribution is 0.0839. The van der Waals surface area contributed by atoms with Crippen LogP contribution in [0.15, 0.2) is 65.3 Å². The molecule has 1 saturated heterocycles. The molecule has 0 atom stereocenters. The molecule has 0 radical (unpaired) electrons. The Kier molecular flexibility index (Phi) is 8.17. The fourth-order valence-corrected chi connectivity index (χ4v) is 5.91. The summed E-state index contributed by atoms with van der Waals surface area (Å²) in [6.45, 7) is 8.10. The first-order valence-electron chi connectivity index (χ1n) is 14.4. The number of nitrogen functional groups attached to an aromatic ring is 1. The molecule has 1 fully saturated rings. The van der Waals surface area contributed by atoms with Crippen molar-refractivity contribution in [1.29, 1.82) is 0 Å². The summed E-state index contributed by atoms with van der Waals surface area (Å²) < 4.78 is 43.2. The number of ether oxygens (including phenoxy) is 2. The Morgan fingerprint density at radius 2 is 1.80 bits per heavy atom. The van der Waals surface area contributed by atoms with Crippen molar-refractivity contribution in [2.24, 2.45) is 0 Å². The number of ketones is 1. The van der Waals surface area contributed by atoms with E-state index in [0.29, 0.717) is 17.3 Å². The maximum Gasteiger partial charge on any atom is 0.214 e. The lowest BCUT2D eigenvalue weighted by Crippen LogP contribution is -2.41. The molecule has 5 aromatic rings. The number of anilines is 1. The number of para-hydroxylation sites is 1. The normalized spacial score (nSPS) is 14.4. The van der Waals surface area contributed by atoms with Crippen LogP contribution in [-0.4, -0.2) is 50.7 Å². The number of hydrogen-bond donors (Lipinski definition) is 2. The van der Waals surface area contributed by atoms with Gasteiger partial charge in [0.1, 0.15) is 29.1 Å². The molecule has 6 rings (SSSR count). The highest BCUT2D eigenvalue weighted by Gasteiger charge is 2.25. The van der Waals surface area contributed by atoms with Crippen LogP contribution >= 0.6 is 15.9 Å². The summed E-state index contributed by atoms with van der Waals surface area (Å²) in [6.07, 6.45) is 3.33. The SMILES string of the molecule is Cc1cc(-n2ncc(C(=O)c3cc4cc(OC5CCN(C(C)C)CC5)c(Br)cc4[nH]3)c2N)c(F)cc1Oc1ccccc1F. The molecule has 228 valence electrons. The quantitative estimate of drug-likeness (QED) is 0.166. The van der Waals surface area contributed by atoms with Crippen molar-refractivity contribution in [1.82, 2.24) is 19.7 Å². The van der Waals surface area contributed by atoms with Crippen LogP contribution in [0.1, 0.15) is 48.3 Å². The number of aromatic nitrogens is 3. The second kappa shape index (κ2) is 12.0. The minimum absolute atomic E-state index is 0.0207. The van der Waals surface area contributed by atoms with Crippen LogP contribution in [0.25, 0.3) is 16.6 Å². The van der Waals surface area contributed by atoms with Gasteiger partial charge in [0, 0.05) is 36.1 Å². The third-order valence-electron chi connectivity index (χ3n) is 8.00. The molecule has 3 N–H and O–H groups in total. The third-order valence-corrected chi connectivity index (χ3v) is 8.62. The number of nitrogens with zero attached hydrogens (tertiary/aromatic N) is 3. The van der Waals surface area contributed by atoms with Gasteiger partial charge in [-0.2, -0.15) is 5.10 Å². The van der Waals surface area contributed by atoms with Crippen molar-refractivity contribution in [3.63, 3.8) is 0 Å². The number of aromatic amines is 1. The Balaban J connectivity index is 1.22. The molecule has 44 heavy (non-hydrogen) atoms. The number of benzene rings is 3. The molecule has 0 saturated carbocycles. The molecule has 3 aromatic carbocycles. The van der Waals surface area contributed by atoms with Crippen molar-refractivity contribution < 1.29 is 23.0 Å². The highest BCUT2D eigenvalue weighted by atomic mass is 79.9. The molecule has 0 aliphatic carbocycles. The van der Waals surface area contributed by atoms with Crippen LogP contribution < -0.4 is 15.2 Å². The van der Waals surface area contributed by atoms with Gasteiger partial charge >= 0.3 is 0 Å². The number of nitrogens with one attached hydrogen (secondary N) is 1. The minimum Gasteiger partial charge on any atom is -0.489 e. The molecule has 0 amide bonds. The summed E-state index contributed by atoms with van der Waals surface area (Å²) in [7, 11) is 0. The average Bonchev–Trinajstić information content (AvgIpc) is 3.59.